The highest BCUT2D eigenvalue weighted by Gasteiger charge is 2.06. The smallest absolute Gasteiger partial charge is 0.161 e. The summed E-state index contributed by atoms with van der Waals surface area (Å²) in [6, 6.07) is 6.25. The molecule has 2 rings (SSSR count). The minimum Gasteiger partial charge on any atom is -0.493 e. The van der Waals surface area contributed by atoms with Gasteiger partial charge >= 0.3 is 0 Å². The van der Waals surface area contributed by atoms with Crippen LogP contribution < -0.4 is 14.8 Å². The van der Waals surface area contributed by atoms with Crippen LogP contribution in [0, 0.1) is 0 Å². The third kappa shape index (κ3) is 6.56. The molecule has 3 nitrogen and oxygen atoms in total. The van der Waals surface area contributed by atoms with Crippen LogP contribution in [0.5, 0.6) is 11.5 Å². The Morgan fingerprint density at radius 3 is 2.79 bits per heavy atom. The number of hydrogen-bond donors (Lipinski definition) is 1. The van der Waals surface area contributed by atoms with Crippen molar-refractivity contribution in [1.29, 1.82) is 0 Å². The molecule has 0 aromatic heterocycles. The predicted octanol–water partition coefficient (Wildman–Crippen LogP) is 5.24. The Balaban J connectivity index is 1.75. The summed E-state index contributed by atoms with van der Waals surface area (Å²) < 4.78 is 11.3. The highest BCUT2D eigenvalue weighted by Crippen LogP contribution is 2.28. The summed E-state index contributed by atoms with van der Waals surface area (Å²) in [5.74, 6) is 1.69. The number of rotatable bonds is 11. The minimum atomic E-state index is 0.761. The number of unbranched alkanes of at least 4 members (excludes halogenated alkanes) is 2. The molecule has 0 amide bonds. The highest BCUT2D eigenvalue weighted by atomic mass is 16.5. The van der Waals surface area contributed by atoms with E-state index in [1.54, 1.807) is 12.7 Å². The second-order valence-electron chi connectivity index (χ2n) is 6.58. The molecule has 1 N–H and O–H groups in total. The SMILES string of the molecule is CCCCCOc1ccc(CNCCC2=CCCCC2)cc1OC. The second-order valence-corrected chi connectivity index (χ2v) is 6.58. The largest absolute Gasteiger partial charge is 0.493 e. The van der Waals surface area contributed by atoms with Gasteiger partial charge < -0.3 is 14.8 Å². The van der Waals surface area contributed by atoms with Gasteiger partial charge in [0.15, 0.2) is 11.5 Å². The van der Waals surface area contributed by atoms with Gasteiger partial charge in [0, 0.05) is 6.54 Å². The average molecular weight is 332 g/mol. The first-order valence-corrected chi connectivity index (χ1v) is 9.52. The molecule has 0 radical (unpaired) electrons. The molecule has 0 heterocycles. The third-order valence-electron chi connectivity index (χ3n) is 4.57. The fraction of sp³-hybridized carbons (Fsp3) is 0.619. The number of methoxy groups -OCH3 is 1. The van der Waals surface area contributed by atoms with E-state index in [-0.39, 0.29) is 0 Å². The predicted molar refractivity (Wildman–Crippen MR) is 101 cm³/mol. The zero-order valence-electron chi connectivity index (χ0n) is 15.4. The fourth-order valence-corrected chi connectivity index (χ4v) is 3.09. The Morgan fingerprint density at radius 1 is 1.12 bits per heavy atom. The van der Waals surface area contributed by atoms with Crippen molar-refractivity contribution >= 4 is 0 Å². The highest BCUT2D eigenvalue weighted by molar-refractivity contribution is 5.42. The molecule has 0 unspecified atom stereocenters. The van der Waals surface area contributed by atoms with E-state index in [4.69, 9.17) is 9.47 Å². The van der Waals surface area contributed by atoms with Crippen molar-refractivity contribution in [3.63, 3.8) is 0 Å². The van der Waals surface area contributed by atoms with Gasteiger partial charge in [-0.05, 0) is 62.8 Å². The Hall–Kier alpha value is -1.48. The van der Waals surface area contributed by atoms with Crippen molar-refractivity contribution in [1.82, 2.24) is 5.32 Å². The molecule has 0 saturated heterocycles. The van der Waals surface area contributed by atoms with Crippen molar-refractivity contribution < 1.29 is 9.47 Å². The van der Waals surface area contributed by atoms with E-state index >= 15 is 0 Å². The van der Waals surface area contributed by atoms with E-state index in [1.807, 2.05) is 6.07 Å². The molecule has 1 aliphatic rings. The van der Waals surface area contributed by atoms with E-state index in [9.17, 15) is 0 Å². The molecule has 0 atom stereocenters. The van der Waals surface area contributed by atoms with E-state index in [1.165, 1.54) is 50.5 Å². The first kappa shape index (κ1) is 18.9. The molecular weight excluding hydrogens is 298 g/mol. The van der Waals surface area contributed by atoms with Crippen molar-refractivity contribution in [3.8, 4) is 11.5 Å². The summed E-state index contributed by atoms with van der Waals surface area (Å²) in [6.07, 6.45) is 12.4. The second kappa shape index (κ2) is 11.1. The van der Waals surface area contributed by atoms with Crippen LogP contribution >= 0.6 is 0 Å². The maximum Gasteiger partial charge on any atom is 0.161 e. The summed E-state index contributed by atoms with van der Waals surface area (Å²) in [6.45, 7) is 4.88. The quantitative estimate of drug-likeness (QED) is 0.444. The average Bonchev–Trinajstić information content (AvgIpc) is 2.64. The topological polar surface area (TPSA) is 30.5 Å². The van der Waals surface area contributed by atoms with E-state index < -0.39 is 0 Å². The van der Waals surface area contributed by atoms with E-state index in [0.717, 1.165) is 37.6 Å². The molecule has 0 bridgehead atoms. The molecule has 1 aromatic carbocycles. The van der Waals surface area contributed by atoms with Crippen molar-refractivity contribution in [2.75, 3.05) is 20.3 Å². The molecule has 0 fully saturated rings. The summed E-state index contributed by atoms with van der Waals surface area (Å²) in [4.78, 5) is 0. The van der Waals surface area contributed by atoms with Gasteiger partial charge in [-0.15, -0.1) is 0 Å². The Morgan fingerprint density at radius 2 is 2.04 bits per heavy atom. The molecule has 3 heteroatoms. The van der Waals surface area contributed by atoms with Crippen molar-refractivity contribution in [3.05, 3.63) is 35.4 Å². The first-order chi connectivity index (χ1) is 11.8. The van der Waals surface area contributed by atoms with E-state index in [2.05, 4.69) is 30.4 Å². The number of allylic oxidation sites excluding steroid dienone is 1. The first-order valence-electron chi connectivity index (χ1n) is 9.52. The lowest BCUT2D eigenvalue weighted by Crippen LogP contribution is -2.15. The lowest BCUT2D eigenvalue weighted by Gasteiger charge is -2.14. The molecule has 24 heavy (non-hydrogen) atoms. The van der Waals surface area contributed by atoms with Gasteiger partial charge in [-0.3, -0.25) is 0 Å². The summed E-state index contributed by atoms with van der Waals surface area (Å²) >= 11 is 0. The number of hydrogen-bond acceptors (Lipinski definition) is 3. The van der Waals surface area contributed by atoms with Crippen LogP contribution in [0.1, 0.15) is 63.9 Å². The van der Waals surface area contributed by atoms with Crippen LogP contribution in [-0.2, 0) is 6.54 Å². The van der Waals surface area contributed by atoms with Crippen LogP contribution in [0.3, 0.4) is 0 Å². The molecule has 0 aliphatic heterocycles. The van der Waals surface area contributed by atoms with Crippen LogP contribution in [-0.4, -0.2) is 20.3 Å². The van der Waals surface area contributed by atoms with Crippen molar-refractivity contribution in [2.45, 2.75) is 64.8 Å². The van der Waals surface area contributed by atoms with Gasteiger partial charge in [0.05, 0.1) is 13.7 Å². The zero-order valence-corrected chi connectivity index (χ0v) is 15.4. The Kier molecular flexibility index (Phi) is 8.75. The van der Waals surface area contributed by atoms with Crippen LogP contribution in [0.25, 0.3) is 0 Å². The van der Waals surface area contributed by atoms with Gasteiger partial charge in [-0.2, -0.15) is 0 Å². The normalized spacial score (nSPS) is 14.3. The van der Waals surface area contributed by atoms with Crippen LogP contribution in [0.15, 0.2) is 29.8 Å². The number of nitrogens with one attached hydrogen (secondary N) is 1. The summed E-state index contributed by atoms with van der Waals surface area (Å²) in [7, 11) is 1.71. The lowest BCUT2D eigenvalue weighted by molar-refractivity contribution is 0.286. The lowest BCUT2D eigenvalue weighted by atomic mass is 9.97. The number of ether oxygens (including phenoxy) is 2. The molecule has 1 aliphatic carbocycles. The van der Waals surface area contributed by atoms with Crippen LogP contribution in [0.2, 0.25) is 0 Å². The van der Waals surface area contributed by atoms with Gasteiger partial charge in [0.25, 0.3) is 0 Å². The van der Waals surface area contributed by atoms with Crippen LogP contribution in [0.4, 0.5) is 0 Å². The molecule has 0 saturated carbocycles. The van der Waals surface area contributed by atoms with E-state index in [0.29, 0.717) is 0 Å². The zero-order chi connectivity index (χ0) is 17.0. The fourth-order valence-electron chi connectivity index (χ4n) is 3.09. The molecule has 0 spiro atoms. The molecular formula is C21H33NO2. The van der Waals surface area contributed by atoms with Gasteiger partial charge in [0.1, 0.15) is 0 Å². The maximum atomic E-state index is 5.84. The van der Waals surface area contributed by atoms with Gasteiger partial charge in [0.2, 0.25) is 0 Å². The standard InChI is InChI=1S/C21H33NO2/c1-3-4-8-15-24-20-12-11-19(16-21(20)23-2)17-22-14-13-18-9-6-5-7-10-18/h9,11-12,16,22H,3-8,10,13-15,17H2,1-2H3. The van der Waals surface area contributed by atoms with Gasteiger partial charge in [-0.1, -0.05) is 37.5 Å². The number of benzene rings is 1. The minimum absolute atomic E-state index is 0.761. The monoisotopic (exact) mass is 331 g/mol. The third-order valence-corrected chi connectivity index (χ3v) is 4.57. The van der Waals surface area contributed by atoms with Gasteiger partial charge in [-0.25, -0.2) is 0 Å². The summed E-state index contributed by atoms with van der Waals surface area (Å²) in [5.41, 5.74) is 2.87. The maximum absolute atomic E-state index is 5.84. The van der Waals surface area contributed by atoms with Crippen molar-refractivity contribution in [2.24, 2.45) is 0 Å². The Bertz CT molecular complexity index is 511. The molecule has 134 valence electrons. The molecule has 1 aromatic rings. The Labute approximate surface area is 147 Å². The summed E-state index contributed by atoms with van der Waals surface area (Å²) in [5, 5.41) is 3.54.